The lowest BCUT2D eigenvalue weighted by Crippen LogP contribution is -2.40. The monoisotopic (exact) mass is 424 g/mol. The van der Waals surface area contributed by atoms with Crippen molar-refractivity contribution in [3.8, 4) is 11.1 Å². The number of aromatic nitrogens is 3. The van der Waals surface area contributed by atoms with E-state index in [1.807, 2.05) is 47.5 Å². The maximum Gasteiger partial charge on any atom is 0.232 e. The Kier molecular flexibility index (Phi) is 6.42. The molecule has 0 bridgehead atoms. The Hall–Kier alpha value is -2.44. The summed E-state index contributed by atoms with van der Waals surface area (Å²) in [6.07, 6.45) is 8.85. The summed E-state index contributed by atoms with van der Waals surface area (Å²) in [5.74, 6) is 0.760. The van der Waals surface area contributed by atoms with Crippen molar-refractivity contribution in [2.75, 3.05) is 18.8 Å². The lowest BCUT2D eigenvalue weighted by Gasteiger charge is -2.33. The molecule has 2 aromatic heterocycles. The summed E-state index contributed by atoms with van der Waals surface area (Å²) in [6.45, 7) is 1.46. The molecule has 1 saturated heterocycles. The molecule has 0 saturated carbocycles. The number of thioether (sulfide) groups is 1. The van der Waals surface area contributed by atoms with E-state index < -0.39 is 0 Å². The van der Waals surface area contributed by atoms with E-state index in [4.69, 9.17) is 11.6 Å². The van der Waals surface area contributed by atoms with Gasteiger partial charge in [0.15, 0.2) is 0 Å². The Bertz CT molecular complexity index is 985. The van der Waals surface area contributed by atoms with Crippen molar-refractivity contribution in [2.24, 2.45) is 0 Å². The first-order valence-electron chi connectivity index (χ1n) is 9.58. The van der Waals surface area contributed by atoms with Gasteiger partial charge in [0.1, 0.15) is 6.33 Å². The quantitative estimate of drug-likeness (QED) is 0.556. The fraction of sp³-hybridized carbons (Fsp3) is 0.273. The second kappa shape index (κ2) is 9.37. The highest BCUT2D eigenvalue weighted by Crippen LogP contribution is 2.35. The third-order valence-electron chi connectivity index (χ3n) is 5.08. The molecular weight excluding hydrogens is 404 g/mol. The number of likely N-dealkylation sites (tertiary alicyclic amines) is 1. The topological polar surface area (TPSA) is 59.0 Å². The van der Waals surface area contributed by atoms with E-state index in [2.05, 4.69) is 15.0 Å². The lowest BCUT2D eigenvalue weighted by molar-refractivity contribution is -0.129. The summed E-state index contributed by atoms with van der Waals surface area (Å²) in [4.78, 5) is 28.6. The molecule has 3 aromatic rings. The maximum absolute atomic E-state index is 12.8. The molecule has 0 unspecified atom stereocenters. The number of amides is 1. The Morgan fingerprint density at radius 3 is 2.79 bits per heavy atom. The molecule has 5 nitrogen and oxygen atoms in total. The van der Waals surface area contributed by atoms with Crippen molar-refractivity contribution in [3.63, 3.8) is 0 Å². The third-order valence-corrected chi connectivity index (χ3v) is 6.41. The average molecular weight is 425 g/mol. The highest BCUT2D eigenvalue weighted by molar-refractivity contribution is 8.00. The minimum Gasteiger partial charge on any atom is -0.341 e. The van der Waals surface area contributed by atoms with Crippen LogP contribution in [0.1, 0.15) is 24.5 Å². The summed E-state index contributed by atoms with van der Waals surface area (Å²) >= 11 is 7.97. The molecule has 0 N–H and O–H groups in total. The van der Waals surface area contributed by atoms with Crippen LogP contribution in [-0.4, -0.2) is 44.6 Å². The van der Waals surface area contributed by atoms with Gasteiger partial charge in [0, 0.05) is 58.6 Å². The number of halogens is 1. The van der Waals surface area contributed by atoms with Gasteiger partial charge in [-0.2, -0.15) is 0 Å². The SMILES string of the molecule is O=C(CSc1ccncc1)N1CCC[C@@H](c2ncncc2-c2ccccc2Cl)C1. The molecule has 148 valence electrons. The summed E-state index contributed by atoms with van der Waals surface area (Å²) < 4.78 is 0. The van der Waals surface area contributed by atoms with Crippen molar-refractivity contribution < 1.29 is 4.79 Å². The summed E-state index contributed by atoms with van der Waals surface area (Å²) in [7, 11) is 0. The minimum absolute atomic E-state index is 0.157. The fourth-order valence-corrected chi connectivity index (χ4v) is 4.67. The molecule has 1 atom stereocenters. The standard InChI is InChI=1S/C22H21ClN4OS/c23-20-6-2-1-5-18(20)19-12-25-15-26-22(19)16-4-3-11-27(13-16)21(28)14-29-17-7-9-24-10-8-17/h1-2,5-10,12,15-16H,3-4,11,13-14H2/t16-/m1/s1. The number of nitrogens with zero attached hydrogens (tertiary/aromatic N) is 4. The molecule has 29 heavy (non-hydrogen) atoms. The van der Waals surface area contributed by atoms with Gasteiger partial charge >= 0.3 is 0 Å². The van der Waals surface area contributed by atoms with Crippen LogP contribution in [0.4, 0.5) is 0 Å². The van der Waals surface area contributed by atoms with Crippen molar-refractivity contribution in [1.82, 2.24) is 19.9 Å². The molecule has 1 aromatic carbocycles. The molecular formula is C22H21ClN4OS. The zero-order valence-corrected chi connectivity index (χ0v) is 17.4. The Balaban J connectivity index is 1.49. The van der Waals surface area contributed by atoms with Gasteiger partial charge in [-0.3, -0.25) is 9.78 Å². The second-order valence-electron chi connectivity index (χ2n) is 6.95. The third kappa shape index (κ3) is 4.77. The smallest absolute Gasteiger partial charge is 0.232 e. The molecule has 0 spiro atoms. The van der Waals surface area contributed by atoms with Gasteiger partial charge in [0.2, 0.25) is 5.91 Å². The Labute approximate surface area is 179 Å². The van der Waals surface area contributed by atoms with Crippen molar-refractivity contribution in [1.29, 1.82) is 0 Å². The summed E-state index contributed by atoms with van der Waals surface area (Å²) in [5.41, 5.74) is 2.84. The highest BCUT2D eigenvalue weighted by Gasteiger charge is 2.27. The van der Waals surface area contributed by atoms with E-state index >= 15 is 0 Å². The van der Waals surface area contributed by atoms with Crippen LogP contribution in [0.25, 0.3) is 11.1 Å². The first-order valence-corrected chi connectivity index (χ1v) is 10.9. The van der Waals surface area contributed by atoms with Crippen LogP contribution in [0, 0.1) is 0 Å². The normalized spacial score (nSPS) is 16.6. The maximum atomic E-state index is 12.8. The van der Waals surface area contributed by atoms with Gasteiger partial charge in [0.25, 0.3) is 0 Å². The molecule has 3 heterocycles. The number of rotatable bonds is 5. The number of carbonyl (C=O) groups is 1. The van der Waals surface area contributed by atoms with Gasteiger partial charge < -0.3 is 4.90 Å². The van der Waals surface area contributed by atoms with Crippen LogP contribution >= 0.6 is 23.4 Å². The minimum atomic E-state index is 0.157. The molecule has 1 fully saturated rings. The van der Waals surface area contributed by atoms with E-state index in [0.29, 0.717) is 17.3 Å². The van der Waals surface area contributed by atoms with Crippen molar-refractivity contribution in [2.45, 2.75) is 23.7 Å². The predicted octanol–water partition coefficient (Wildman–Crippen LogP) is 4.69. The largest absolute Gasteiger partial charge is 0.341 e. The van der Waals surface area contributed by atoms with E-state index in [-0.39, 0.29) is 11.8 Å². The number of benzene rings is 1. The van der Waals surface area contributed by atoms with Crippen molar-refractivity contribution >= 4 is 29.3 Å². The van der Waals surface area contributed by atoms with Crippen LogP contribution in [-0.2, 0) is 4.79 Å². The number of hydrogen-bond acceptors (Lipinski definition) is 5. The molecule has 0 aliphatic carbocycles. The second-order valence-corrected chi connectivity index (χ2v) is 8.41. The number of pyridine rings is 1. The average Bonchev–Trinajstić information content (AvgIpc) is 2.78. The molecule has 1 aliphatic heterocycles. The van der Waals surface area contributed by atoms with E-state index in [1.165, 1.54) is 0 Å². The zero-order valence-electron chi connectivity index (χ0n) is 15.9. The predicted molar refractivity (Wildman–Crippen MR) is 116 cm³/mol. The van der Waals surface area contributed by atoms with Crippen molar-refractivity contribution in [3.05, 3.63) is 72.0 Å². The fourth-order valence-electron chi connectivity index (χ4n) is 3.65. The number of hydrogen-bond donors (Lipinski definition) is 0. The van der Waals surface area contributed by atoms with Gasteiger partial charge in [-0.05, 0) is 31.0 Å². The molecule has 4 rings (SSSR count). The summed E-state index contributed by atoms with van der Waals surface area (Å²) in [5, 5.41) is 0.682. The Morgan fingerprint density at radius 1 is 1.14 bits per heavy atom. The first kappa shape index (κ1) is 19.9. The van der Waals surface area contributed by atoms with Crippen LogP contribution in [0.3, 0.4) is 0 Å². The van der Waals surface area contributed by atoms with E-state index in [1.54, 1.807) is 30.5 Å². The van der Waals surface area contributed by atoms with Gasteiger partial charge in [-0.25, -0.2) is 9.97 Å². The zero-order chi connectivity index (χ0) is 20.1. The van der Waals surface area contributed by atoms with Crippen LogP contribution in [0.2, 0.25) is 5.02 Å². The van der Waals surface area contributed by atoms with Gasteiger partial charge in [-0.1, -0.05) is 29.8 Å². The van der Waals surface area contributed by atoms with E-state index in [0.717, 1.165) is 41.1 Å². The molecule has 1 amide bonds. The van der Waals surface area contributed by atoms with Gasteiger partial charge in [0.05, 0.1) is 11.4 Å². The van der Waals surface area contributed by atoms with Crippen LogP contribution < -0.4 is 0 Å². The molecule has 1 aliphatic rings. The van der Waals surface area contributed by atoms with Gasteiger partial charge in [-0.15, -0.1) is 11.8 Å². The molecule has 0 radical (unpaired) electrons. The van der Waals surface area contributed by atoms with Crippen LogP contribution in [0.15, 0.2) is 66.2 Å². The van der Waals surface area contributed by atoms with E-state index in [9.17, 15) is 4.79 Å². The summed E-state index contributed by atoms with van der Waals surface area (Å²) in [6, 6.07) is 11.6. The Morgan fingerprint density at radius 2 is 1.97 bits per heavy atom. The number of carbonyl (C=O) groups excluding carboxylic acids is 1. The molecule has 7 heteroatoms. The number of piperidine rings is 1. The van der Waals surface area contributed by atoms with Crippen LogP contribution in [0.5, 0.6) is 0 Å². The highest BCUT2D eigenvalue weighted by atomic mass is 35.5. The lowest BCUT2D eigenvalue weighted by atomic mass is 9.90. The first-order chi connectivity index (χ1) is 14.2.